The molecule has 1 aromatic heterocycles. The molecule has 0 amide bonds. The normalized spacial score (nSPS) is 12.5. The molecule has 19 heavy (non-hydrogen) atoms. The number of carbonyl (C=O) groups is 1. The van der Waals surface area contributed by atoms with Gasteiger partial charge in [0.05, 0.1) is 29.6 Å². The Labute approximate surface area is 114 Å². The number of hydrogen-bond donors (Lipinski definition) is 2. The number of ether oxygens (including phenoxy) is 1. The van der Waals surface area contributed by atoms with Gasteiger partial charge in [-0.25, -0.2) is 4.98 Å². The Hall–Kier alpha value is -1.95. The second-order valence-corrected chi connectivity index (χ2v) is 4.92. The number of methoxy groups -OCH3 is 1. The molecule has 2 N–H and O–H groups in total. The Kier molecular flexibility index (Phi) is 4.11. The first kappa shape index (κ1) is 13.5. The van der Waals surface area contributed by atoms with Crippen LogP contribution in [0, 0.1) is 0 Å². The number of nitrogens with zero attached hydrogens (tertiary/aromatic N) is 1. The summed E-state index contributed by atoms with van der Waals surface area (Å²) in [6.07, 6.45) is 0. The summed E-state index contributed by atoms with van der Waals surface area (Å²) < 4.78 is 4.53. The zero-order chi connectivity index (χ0) is 13.8. The van der Waals surface area contributed by atoms with Crippen LogP contribution in [0.15, 0.2) is 18.2 Å². The number of imidazole rings is 1. The van der Waals surface area contributed by atoms with Gasteiger partial charge >= 0.3 is 5.97 Å². The number of rotatable bonds is 4. The molecule has 0 spiro atoms. The monoisotopic (exact) mass is 278 g/mol. The van der Waals surface area contributed by atoms with E-state index in [1.807, 2.05) is 12.1 Å². The van der Waals surface area contributed by atoms with Crippen molar-refractivity contribution in [3.63, 3.8) is 0 Å². The Bertz CT molecular complexity index is 708. The zero-order valence-corrected chi connectivity index (χ0v) is 11.3. The van der Waals surface area contributed by atoms with Crippen molar-refractivity contribution in [3.05, 3.63) is 28.9 Å². The molecule has 0 radical (unpaired) electrons. The molecule has 0 atom stereocenters. The third-order valence-electron chi connectivity index (χ3n) is 2.55. The third-order valence-corrected chi connectivity index (χ3v) is 3.47. The fourth-order valence-corrected chi connectivity index (χ4v) is 2.36. The third kappa shape index (κ3) is 3.29. The number of fused-ring (bicyclic) bond motifs is 1. The van der Waals surface area contributed by atoms with Crippen molar-refractivity contribution >= 4 is 41.1 Å². The van der Waals surface area contributed by atoms with E-state index in [9.17, 15) is 9.90 Å². The van der Waals surface area contributed by atoms with Crippen LogP contribution in [-0.4, -0.2) is 39.7 Å². The first-order valence-corrected chi connectivity index (χ1v) is 6.77. The van der Waals surface area contributed by atoms with Gasteiger partial charge < -0.3 is 14.8 Å². The molecule has 0 aliphatic carbocycles. The first-order valence-electron chi connectivity index (χ1n) is 5.61. The van der Waals surface area contributed by atoms with E-state index in [1.54, 1.807) is 6.07 Å². The molecule has 2 rings (SSSR count). The lowest BCUT2D eigenvalue weighted by Gasteiger charge is -2.00. The fraction of sp³-hybridized carbons (Fsp3) is 0.231. The second-order valence-electron chi connectivity index (χ2n) is 3.93. The van der Waals surface area contributed by atoms with Crippen LogP contribution in [0.1, 0.15) is 0 Å². The van der Waals surface area contributed by atoms with E-state index in [2.05, 4.69) is 21.3 Å². The maximum absolute atomic E-state index is 11.0. The van der Waals surface area contributed by atoms with Gasteiger partial charge in [0.2, 0.25) is 0 Å². The molecule has 0 unspecified atom stereocenters. The number of thioether (sulfide) groups is 1. The zero-order valence-electron chi connectivity index (χ0n) is 10.5. The van der Waals surface area contributed by atoms with E-state index >= 15 is 0 Å². The van der Waals surface area contributed by atoms with Crippen LogP contribution in [0.25, 0.3) is 23.4 Å². The summed E-state index contributed by atoms with van der Waals surface area (Å²) >= 11 is 1.30. The maximum atomic E-state index is 11.0. The molecule has 0 bridgehead atoms. The number of aromatic amines is 1. The average molecular weight is 278 g/mol. The highest BCUT2D eigenvalue weighted by Gasteiger charge is 2.03. The summed E-state index contributed by atoms with van der Waals surface area (Å²) in [7, 11) is 1.34. The molecule has 1 heterocycles. The van der Waals surface area contributed by atoms with Gasteiger partial charge in [-0.15, -0.1) is 11.8 Å². The summed E-state index contributed by atoms with van der Waals surface area (Å²) in [6, 6.07) is 5.42. The lowest BCUT2D eigenvalue weighted by atomic mass is 10.2. The summed E-state index contributed by atoms with van der Waals surface area (Å²) in [6.45, 7) is 3.72. The quantitative estimate of drug-likeness (QED) is 0.799. The first-order chi connectivity index (χ1) is 9.10. The lowest BCUT2D eigenvalue weighted by Crippen LogP contribution is -2.09. The number of aliphatic hydroxyl groups excluding tert-OH is 1. The summed E-state index contributed by atoms with van der Waals surface area (Å²) in [5.41, 5.74) is 2.22. The van der Waals surface area contributed by atoms with Gasteiger partial charge in [-0.3, -0.25) is 4.79 Å². The second kappa shape index (κ2) is 5.79. The summed E-state index contributed by atoms with van der Waals surface area (Å²) in [5.74, 6) is 0.488. The van der Waals surface area contributed by atoms with Gasteiger partial charge in [0.25, 0.3) is 0 Å². The van der Waals surface area contributed by atoms with Crippen molar-refractivity contribution in [3.8, 4) is 0 Å². The molecule has 0 aliphatic heterocycles. The Morgan fingerprint density at radius 3 is 3.05 bits per heavy atom. The number of benzene rings is 1. The standard InChI is InChI=1S/C13H14N2O3S/c1-8-14-10-4-3-9(5-11(10)15-8)12(16)6-19-7-13(17)18-2/h3-5,15-16H,1,6-7H2,2H3. The fourth-order valence-electron chi connectivity index (χ4n) is 1.62. The van der Waals surface area contributed by atoms with Crippen LogP contribution in [-0.2, 0) is 9.53 Å². The molecular formula is C13H14N2O3S. The molecule has 0 saturated carbocycles. The van der Waals surface area contributed by atoms with E-state index in [0.717, 1.165) is 11.0 Å². The molecule has 6 heteroatoms. The van der Waals surface area contributed by atoms with Crippen molar-refractivity contribution in [2.24, 2.45) is 0 Å². The van der Waals surface area contributed by atoms with Crippen LogP contribution < -0.4 is 10.7 Å². The van der Waals surface area contributed by atoms with Crippen LogP contribution in [0.4, 0.5) is 0 Å². The number of hydrogen-bond acceptors (Lipinski definition) is 5. The van der Waals surface area contributed by atoms with Gasteiger partial charge in [0, 0.05) is 5.22 Å². The van der Waals surface area contributed by atoms with Crippen molar-refractivity contribution < 1.29 is 14.6 Å². The number of nitrogens with one attached hydrogen (secondary N) is 1. The predicted octanol–water partition coefficient (Wildman–Crippen LogP) is 0.546. The van der Waals surface area contributed by atoms with Crippen molar-refractivity contribution in [2.75, 3.05) is 18.6 Å². The number of carbonyl (C=O) groups excluding carboxylic acids is 1. The molecule has 0 saturated heterocycles. The van der Waals surface area contributed by atoms with E-state index in [-0.39, 0.29) is 17.5 Å². The molecule has 0 aliphatic rings. The van der Waals surface area contributed by atoms with E-state index < -0.39 is 0 Å². The summed E-state index contributed by atoms with van der Waals surface area (Å²) in [5, 5.41) is 10.7. The lowest BCUT2D eigenvalue weighted by molar-refractivity contribution is -0.137. The minimum Gasteiger partial charge on any atom is -0.511 e. The molecular weight excluding hydrogens is 264 g/mol. The number of aromatic nitrogens is 2. The van der Waals surface area contributed by atoms with Crippen LogP contribution in [0.2, 0.25) is 0 Å². The Morgan fingerprint density at radius 2 is 2.32 bits per heavy atom. The topological polar surface area (TPSA) is 75.2 Å². The highest BCUT2D eigenvalue weighted by atomic mass is 32.2. The van der Waals surface area contributed by atoms with Gasteiger partial charge in [-0.2, -0.15) is 0 Å². The highest BCUT2D eigenvalue weighted by Crippen LogP contribution is 2.07. The van der Waals surface area contributed by atoms with Crippen LogP contribution in [0.3, 0.4) is 0 Å². The highest BCUT2D eigenvalue weighted by molar-refractivity contribution is 8.00. The average Bonchev–Trinajstić information content (AvgIpc) is 2.77. The van der Waals surface area contributed by atoms with Crippen molar-refractivity contribution in [1.29, 1.82) is 0 Å². The molecule has 1 aromatic carbocycles. The molecule has 100 valence electrons. The molecule has 5 nitrogen and oxygen atoms in total. The Morgan fingerprint density at radius 1 is 1.53 bits per heavy atom. The van der Waals surface area contributed by atoms with Crippen LogP contribution in [0.5, 0.6) is 0 Å². The number of H-pyrrole nitrogens is 1. The minimum absolute atomic E-state index is 0.218. The minimum atomic E-state index is -0.302. The smallest absolute Gasteiger partial charge is 0.315 e. The van der Waals surface area contributed by atoms with E-state index in [4.69, 9.17) is 0 Å². The van der Waals surface area contributed by atoms with Gasteiger partial charge in [0.1, 0.15) is 11.2 Å². The number of aliphatic hydroxyl groups is 1. The number of esters is 1. The summed E-state index contributed by atoms with van der Waals surface area (Å²) in [4.78, 5) is 18.1. The van der Waals surface area contributed by atoms with Gasteiger partial charge in [-0.1, -0.05) is 6.58 Å². The van der Waals surface area contributed by atoms with Crippen LogP contribution >= 0.6 is 11.8 Å². The van der Waals surface area contributed by atoms with E-state index in [1.165, 1.54) is 18.9 Å². The molecule has 2 aromatic rings. The predicted molar refractivity (Wildman–Crippen MR) is 76.2 cm³/mol. The largest absolute Gasteiger partial charge is 0.511 e. The van der Waals surface area contributed by atoms with Gasteiger partial charge in [-0.05, 0) is 18.2 Å². The van der Waals surface area contributed by atoms with Crippen molar-refractivity contribution in [2.45, 2.75) is 0 Å². The Balaban J connectivity index is 2.18. The van der Waals surface area contributed by atoms with Gasteiger partial charge in [0.15, 0.2) is 0 Å². The van der Waals surface area contributed by atoms with Crippen molar-refractivity contribution in [1.82, 2.24) is 9.97 Å². The SMILES string of the molecule is C=c1nc2ccc(=C(O)CSCC(=O)OC)cc2[nH]1. The van der Waals surface area contributed by atoms with E-state index in [0.29, 0.717) is 16.5 Å². The molecule has 0 fully saturated rings. The maximum Gasteiger partial charge on any atom is 0.315 e.